The zero-order valence-electron chi connectivity index (χ0n) is 13.5. The van der Waals surface area contributed by atoms with Crippen LogP contribution in [0, 0.1) is 12.7 Å². The molecule has 1 aromatic heterocycles. The second kappa shape index (κ2) is 8.74. The SMILES string of the molecule is CCN(CCc1scnc1C)CC(=O)NCc1ccc(F)cc1. The summed E-state index contributed by atoms with van der Waals surface area (Å²) in [6.07, 6.45) is 0.912. The Kier molecular flexibility index (Phi) is 6.67. The van der Waals surface area contributed by atoms with E-state index in [4.69, 9.17) is 0 Å². The summed E-state index contributed by atoms with van der Waals surface area (Å²) in [5.74, 6) is -0.284. The van der Waals surface area contributed by atoms with Gasteiger partial charge in [0.1, 0.15) is 5.82 Å². The van der Waals surface area contributed by atoms with Gasteiger partial charge in [0.25, 0.3) is 0 Å². The Balaban J connectivity index is 1.75. The Labute approximate surface area is 140 Å². The lowest BCUT2D eigenvalue weighted by Gasteiger charge is -2.19. The number of nitrogens with one attached hydrogen (secondary N) is 1. The third-order valence-electron chi connectivity index (χ3n) is 3.72. The van der Waals surface area contributed by atoms with Gasteiger partial charge in [-0.05, 0) is 37.6 Å². The van der Waals surface area contributed by atoms with E-state index < -0.39 is 0 Å². The maximum absolute atomic E-state index is 12.8. The number of thiazole rings is 1. The molecule has 1 N–H and O–H groups in total. The van der Waals surface area contributed by atoms with Crippen molar-refractivity contribution in [3.05, 3.63) is 51.7 Å². The van der Waals surface area contributed by atoms with E-state index in [1.807, 2.05) is 19.4 Å². The van der Waals surface area contributed by atoms with Crippen LogP contribution in [0.4, 0.5) is 4.39 Å². The maximum atomic E-state index is 12.8. The van der Waals surface area contributed by atoms with Crippen molar-refractivity contribution in [2.75, 3.05) is 19.6 Å². The van der Waals surface area contributed by atoms with Crippen molar-refractivity contribution >= 4 is 17.2 Å². The predicted molar refractivity (Wildman–Crippen MR) is 90.9 cm³/mol. The molecule has 2 aromatic rings. The van der Waals surface area contributed by atoms with Crippen LogP contribution < -0.4 is 5.32 Å². The minimum Gasteiger partial charge on any atom is -0.351 e. The molecule has 0 aliphatic carbocycles. The van der Waals surface area contributed by atoms with Gasteiger partial charge in [-0.3, -0.25) is 9.69 Å². The number of amides is 1. The van der Waals surface area contributed by atoms with Crippen molar-refractivity contribution in [1.29, 1.82) is 0 Å². The number of aromatic nitrogens is 1. The molecule has 1 heterocycles. The van der Waals surface area contributed by atoms with Gasteiger partial charge in [-0.1, -0.05) is 19.1 Å². The Bertz CT molecular complexity index is 627. The van der Waals surface area contributed by atoms with Gasteiger partial charge in [-0.2, -0.15) is 0 Å². The lowest BCUT2D eigenvalue weighted by Crippen LogP contribution is -2.37. The van der Waals surface area contributed by atoms with E-state index in [-0.39, 0.29) is 11.7 Å². The number of aryl methyl sites for hydroxylation is 1. The number of carbonyl (C=O) groups excluding carboxylic acids is 1. The molecule has 2 rings (SSSR count). The van der Waals surface area contributed by atoms with Crippen LogP contribution in [0.1, 0.15) is 23.1 Å². The Morgan fingerprint density at radius 2 is 2.09 bits per heavy atom. The molecule has 0 unspecified atom stereocenters. The van der Waals surface area contributed by atoms with E-state index in [9.17, 15) is 9.18 Å². The van der Waals surface area contributed by atoms with Crippen LogP contribution in [0.25, 0.3) is 0 Å². The molecule has 0 bridgehead atoms. The minimum absolute atomic E-state index is 0.0165. The Morgan fingerprint density at radius 1 is 1.35 bits per heavy atom. The van der Waals surface area contributed by atoms with Gasteiger partial charge in [-0.15, -0.1) is 11.3 Å². The van der Waals surface area contributed by atoms with E-state index in [2.05, 4.69) is 15.2 Å². The van der Waals surface area contributed by atoms with E-state index in [1.165, 1.54) is 17.0 Å². The number of halogens is 1. The molecule has 0 saturated carbocycles. The van der Waals surface area contributed by atoms with Gasteiger partial charge in [0, 0.05) is 18.0 Å². The highest BCUT2D eigenvalue weighted by molar-refractivity contribution is 7.09. The standard InChI is InChI=1S/C17H22FN3OS/c1-3-21(9-8-16-13(2)20-12-23-16)11-17(22)19-10-14-4-6-15(18)7-5-14/h4-7,12H,3,8-11H2,1-2H3,(H,19,22). The van der Waals surface area contributed by atoms with E-state index in [0.717, 1.165) is 30.8 Å². The van der Waals surface area contributed by atoms with E-state index in [0.29, 0.717) is 13.1 Å². The largest absolute Gasteiger partial charge is 0.351 e. The van der Waals surface area contributed by atoms with Crippen LogP contribution in [0.5, 0.6) is 0 Å². The summed E-state index contributed by atoms with van der Waals surface area (Å²) in [5, 5.41) is 2.87. The number of carbonyl (C=O) groups is 1. The molecule has 0 spiro atoms. The number of hydrogen-bond donors (Lipinski definition) is 1. The molecule has 1 amide bonds. The number of hydrogen-bond acceptors (Lipinski definition) is 4. The maximum Gasteiger partial charge on any atom is 0.234 e. The van der Waals surface area contributed by atoms with E-state index in [1.54, 1.807) is 23.5 Å². The van der Waals surface area contributed by atoms with Crippen molar-refractivity contribution in [3.8, 4) is 0 Å². The molecular weight excluding hydrogens is 313 g/mol. The molecule has 6 heteroatoms. The number of nitrogens with zero attached hydrogens (tertiary/aromatic N) is 2. The van der Waals surface area contributed by atoms with Crippen molar-refractivity contribution in [2.24, 2.45) is 0 Å². The van der Waals surface area contributed by atoms with Gasteiger partial charge in [0.05, 0.1) is 17.7 Å². The lowest BCUT2D eigenvalue weighted by molar-refractivity contribution is -0.122. The topological polar surface area (TPSA) is 45.2 Å². The van der Waals surface area contributed by atoms with Gasteiger partial charge >= 0.3 is 0 Å². The van der Waals surface area contributed by atoms with Crippen LogP contribution >= 0.6 is 11.3 Å². The highest BCUT2D eigenvalue weighted by atomic mass is 32.1. The van der Waals surface area contributed by atoms with Crippen molar-refractivity contribution < 1.29 is 9.18 Å². The molecule has 4 nitrogen and oxygen atoms in total. The van der Waals surface area contributed by atoms with Crippen LogP contribution in [0.3, 0.4) is 0 Å². The fourth-order valence-corrected chi connectivity index (χ4v) is 3.01. The molecule has 0 fully saturated rings. The first-order valence-corrected chi connectivity index (χ1v) is 8.59. The minimum atomic E-state index is -0.268. The highest BCUT2D eigenvalue weighted by Gasteiger charge is 2.10. The smallest absolute Gasteiger partial charge is 0.234 e. The highest BCUT2D eigenvalue weighted by Crippen LogP contribution is 2.13. The molecular formula is C17H22FN3OS. The summed E-state index contributed by atoms with van der Waals surface area (Å²) < 4.78 is 12.8. The molecule has 0 radical (unpaired) electrons. The first kappa shape index (κ1) is 17.6. The summed E-state index contributed by atoms with van der Waals surface area (Å²) in [6, 6.07) is 6.16. The Morgan fingerprint density at radius 3 is 2.70 bits per heavy atom. The molecule has 124 valence electrons. The van der Waals surface area contributed by atoms with Crippen molar-refractivity contribution in [3.63, 3.8) is 0 Å². The molecule has 23 heavy (non-hydrogen) atoms. The number of benzene rings is 1. The summed E-state index contributed by atoms with van der Waals surface area (Å²) in [4.78, 5) is 19.7. The van der Waals surface area contributed by atoms with Gasteiger partial charge in [-0.25, -0.2) is 9.37 Å². The zero-order chi connectivity index (χ0) is 16.7. The molecule has 0 aliphatic heterocycles. The fraction of sp³-hybridized carbons (Fsp3) is 0.412. The van der Waals surface area contributed by atoms with Gasteiger partial charge in [0.15, 0.2) is 0 Å². The number of rotatable bonds is 8. The molecule has 0 atom stereocenters. The third kappa shape index (κ3) is 5.73. The first-order chi connectivity index (χ1) is 11.1. The van der Waals surface area contributed by atoms with Crippen LogP contribution in [-0.2, 0) is 17.8 Å². The van der Waals surface area contributed by atoms with Crippen LogP contribution in [0.15, 0.2) is 29.8 Å². The normalized spacial score (nSPS) is 11.0. The first-order valence-electron chi connectivity index (χ1n) is 7.71. The summed E-state index contributed by atoms with van der Waals surface area (Å²) in [7, 11) is 0. The molecule has 0 aliphatic rings. The van der Waals surface area contributed by atoms with Crippen molar-refractivity contribution in [2.45, 2.75) is 26.8 Å². The average Bonchev–Trinajstić information content (AvgIpc) is 2.96. The number of likely N-dealkylation sites (N-methyl/N-ethyl adjacent to an activating group) is 1. The second-order valence-corrected chi connectivity index (χ2v) is 6.32. The van der Waals surface area contributed by atoms with Gasteiger partial charge in [0.2, 0.25) is 5.91 Å². The van der Waals surface area contributed by atoms with E-state index >= 15 is 0 Å². The predicted octanol–water partition coefficient (Wildman–Crippen LogP) is 2.77. The second-order valence-electron chi connectivity index (χ2n) is 5.38. The third-order valence-corrected chi connectivity index (χ3v) is 4.71. The van der Waals surface area contributed by atoms with Gasteiger partial charge < -0.3 is 5.32 Å². The monoisotopic (exact) mass is 335 g/mol. The quantitative estimate of drug-likeness (QED) is 0.807. The zero-order valence-corrected chi connectivity index (χ0v) is 14.3. The summed E-state index contributed by atoms with van der Waals surface area (Å²) in [5.41, 5.74) is 3.82. The van der Waals surface area contributed by atoms with Crippen molar-refractivity contribution in [1.82, 2.24) is 15.2 Å². The average molecular weight is 335 g/mol. The van der Waals surface area contributed by atoms with Crippen LogP contribution in [0.2, 0.25) is 0 Å². The molecule has 0 saturated heterocycles. The van der Waals surface area contributed by atoms with Crippen LogP contribution in [-0.4, -0.2) is 35.4 Å². The molecule has 1 aromatic carbocycles. The lowest BCUT2D eigenvalue weighted by atomic mass is 10.2. The Hall–Kier alpha value is -1.79. The summed E-state index contributed by atoms with van der Waals surface area (Å²) in [6.45, 7) is 6.51. The fourth-order valence-electron chi connectivity index (χ4n) is 2.24. The summed E-state index contributed by atoms with van der Waals surface area (Å²) >= 11 is 1.66.